The zero-order valence-corrected chi connectivity index (χ0v) is 17.2. The fraction of sp³-hybridized carbons (Fsp3) is 0.350. The molecule has 1 atom stereocenters. The van der Waals surface area contributed by atoms with Crippen molar-refractivity contribution in [3.63, 3.8) is 0 Å². The average molecular weight is 419 g/mol. The van der Waals surface area contributed by atoms with Crippen LogP contribution in [0.1, 0.15) is 52.6 Å². The number of hydrogen-bond acceptors (Lipinski definition) is 4. The standard InChI is InChI=1S/C20H23BrN2O3/c1-12-8-13(2)10-15(9-12)18(24)17(21)14-6-7-22-16(11-14)23-19(25)26-20(3,4)5/h6-11,17H,1-5H3,(H,22,23,25). The molecule has 1 amide bonds. The van der Waals surface area contributed by atoms with Gasteiger partial charge in [0, 0.05) is 11.8 Å². The summed E-state index contributed by atoms with van der Waals surface area (Å²) < 4.78 is 5.22. The number of ether oxygens (including phenoxy) is 1. The van der Waals surface area contributed by atoms with E-state index in [9.17, 15) is 9.59 Å². The van der Waals surface area contributed by atoms with Crippen LogP contribution in [0, 0.1) is 13.8 Å². The number of pyridine rings is 1. The molecular weight excluding hydrogens is 396 g/mol. The van der Waals surface area contributed by atoms with Crippen LogP contribution in [-0.4, -0.2) is 22.5 Å². The lowest BCUT2D eigenvalue weighted by Crippen LogP contribution is -2.27. The van der Waals surface area contributed by atoms with Gasteiger partial charge in [-0.3, -0.25) is 10.1 Å². The van der Waals surface area contributed by atoms with E-state index < -0.39 is 16.5 Å². The molecule has 1 aromatic heterocycles. The molecule has 1 unspecified atom stereocenters. The van der Waals surface area contributed by atoms with Gasteiger partial charge in [0.25, 0.3) is 0 Å². The predicted molar refractivity (Wildman–Crippen MR) is 106 cm³/mol. The Morgan fingerprint density at radius 2 is 1.73 bits per heavy atom. The molecular formula is C20H23BrN2O3. The van der Waals surface area contributed by atoms with Gasteiger partial charge in [-0.2, -0.15) is 0 Å². The molecule has 0 aliphatic heterocycles. The van der Waals surface area contributed by atoms with Crippen molar-refractivity contribution in [1.82, 2.24) is 4.98 Å². The van der Waals surface area contributed by atoms with Crippen LogP contribution >= 0.6 is 15.9 Å². The van der Waals surface area contributed by atoms with Crippen molar-refractivity contribution in [1.29, 1.82) is 0 Å². The molecule has 0 aliphatic carbocycles. The molecule has 0 radical (unpaired) electrons. The van der Waals surface area contributed by atoms with Crippen molar-refractivity contribution in [3.05, 3.63) is 58.8 Å². The van der Waals surface area contributed by atoms with Crippen molar-refractivity contribution in [2.24, 2.45) is 0 Å². The molecule has 1 aromatic carbocycles. The predicted octanol–water partition coefficient (Wildman–Crippen LogP) is 5.36. The monoisotopic (exact) mass is 418 g/mol. The maximum Gasteiger partial charge on any atom is 0.413 e. The number of aromatic nitrogens is 1. The second-order valence-corrected chi connectivity index (χ2v) is 8.12. The van der Waals surface area contributed by atoms with Crippen LogP contribution < -0.4 is 5.32 Å². The Hall–Kier alpha value is -2.21. The number of ketones is 1. The molecule has 1 heterocycles. The highest BCUT2D eigenvalue weighted by atomic mass is 79.9. The van der Waals surface area contributed by atoms with E-state index in [1.807, 2.05) is 32.0 Å². The van der Waals surface area contributed by atoms with E-state index in [4.69, 9.17) is 4.74 Å². The molecule has 0 saturated heterocycles. The number of amides is 1. The Kier molecular flexibility index (Phi) is 6.18. The van der Waals surface area contributed by atoms with Crippen LogP contribution in [0.4, 0.5) is 10.6 Å². The average Bonchev–Trinajstić information content (AvgIpc) is 2.50. The van der Waals surface area contributed by atoms with Crippen molar-refractivity contribution in [2.45, 2.75) is 45.0 Å². The van der Waals surface area contributed by atoms with Gasteiger partial charge in [-0.25, -0.2) is 9.78 Å². The lowest BCUT2D eigenvalue weighted by molar-refractivity contribution is 0.0635. The number of hydrogen-bond donors (Lipinski definition) is 1. The Bertz CT molecular complexity index is 808. The van der Waals surface area contributed by atoms with Crippen molar-refractivity contribution in [3.8, 4) is 0 Å². The number of carbonyl (C=O) groups excluding carboxylic acids is 2. The molecule has 26 heavy (non-hydrogen) atoms. The molecule has 2 rings (SSSR count). The van der Waals surface area contributed by atoms with Crippen LogP contribution in [0.3, 0.4) is 0 Å². The first-order valence-electron chi connectivity index (χ1n) is 8.28. The van der Waals surface area contributed by atoms with E-state index in [1.54, 1.807) is 39.1 Å². The fourth-order valence-electron chi connectivity index (χ4n) is 2.50. The summed E-state index contributed by atoms with van der Waals surface area (Å²) in [4.78, 5) is 28.3. The normalized spacial score (nSPS) is 12.4. The van der Waals surface area contributed by atoms with Gasteiger partial charge in [-0.05, 0) is 64.4 Å². The topological polar surface area (TPSA) is 68.3 Å². The smallest absolute Gasteiger partial charge is 0.413 e. The van der Waals surface area contributed by atoms with Crippen LogP contribution in [0.5, 0.6) is 0 Å². The number of benzene rings is 1. The Balaban J connectivity index is 2.18. The third-order valence-electron chi connectivity index (χ3n) is 3.44. The maximum atomic E-state index is 12.8. The van der Waals surface area contributed by atoms with Gasteiger partial charge >= 0.3 is 6.09 Å². The molecule has 1 N–H and O–H groups in total. The van der Waals surface area contributed by atoms with Gasteiger partial charge < -0.3 is 4.74 Å². The van der Waals surface area contributed by atoms with Crippen molar-refractivity contribution >= 4 is 33.6 Å². The van der Waals surface area contributed by atoms with Gasteiger partial charge in [-0.1, -0.05) is 33.1 Å². The highest BCUT2D eigenvalue weighted by Crippen LogP contribution is 2.29. The summed E-state index contributed by atoms with van der Waals surface area (Å²) in [6.45, 7) is 9.28. The summed E-state index contributed by atoms with van der Waals surface area (Å²) in [6, 6.07) is 9.15. The number of rotatable bonds is 4. The third-order valence-corrected chi connectivity index (χ3v) is 4.39. The number of carbonyl (C=O) groups is 2. The Labute approximate surface area is 162 Å². The Morgan fingerprint density at radius 3 is 2.31 bits per heavy atom. The van der Waals surface area contributed by atoms with Gasteiger partial charge in [0.05, 0.1) is 0 Å². The molecule has 6 heteroatoms. The summed E-state index contributed by atoms with van der Waals surface area (Å²) in [5.74, 6) is 0.278. The highest BCUT2D eigenvalue weighted by Gasteiger charge is 2.21. The van der Waals surface area contributed by atoms with Crippen LogP contribution in [-0.2, 0) is 4.74 Å². The zero-order chi connectivity index (χ0) is 19.5. The summed E-state index contributed by atoms with van der Waals surface area (Å²) in [5.41, 5.74) is 2.82. The summed E-state index contributed by atoms with van der Waals surface area (Å²) in [7, 11) is 0. The van der Waals surface area contributed by atoms with Gasteiger partial charge in [0.1, 0.15) is 16.2 Å². The molecule has 138 valence electrons. The van der Waals surface area contributed by atoms with E-state index >= 15 is 0 Å². The van der Waals surface area contributed by atoms with Gasteiger partial charge in [-0.15, -0.1) is 0 Å². The number of anilines is 1. The fourth-order valence-corrected chi connectivity index (χ4v) is 3.04. The summed E-state index contributed by atoms with van der Waals surface area (Å²) in [6.07, 6.45) is 0.958. The van der Waals surface area contributed by atoms with Crippen molar-refractivity contribution in [2.75, 3.05) is 5.32 Å². The van der Waals surface area contributed by atoms with Crippen LogP contribution in [0.15, 0.2) is 36.5 Å². The molecule has 0 spiro atoms. The van der Waals surface area contributed by atoms with Gasteiger partial charge in [0.2, 0.25) is 0 Å². The second-order valence-electron chi connectivity index (χ2n) is 7.20. The first-order chi connectivity index (χ1) is 12.0. The zero-order valence-electron chi connectivity index (χ0n) is 15.6. The lowest BCUT2D eigenvalue weighted by atomic mass is 10.00. The first kappa shape index (κ1) is 20.1. The minimum absolute atomic E-state index is 0.0498. The third kappa shape index (κ3) is 5.66. The molecule has 0 saturated carbocycles. The lowest BCUT2D eigenvalue weighted by Gasteiger charge is -2.19. The number of Topliss-reactive ketones (excluding diaryl/α,β-unsaturated/α-hetero) is 1. The summed E-state index contributed by atoms with van der Waals surface area (Å²) >= 11 is 3.47. The van der Waals surface area contributed by atoms with E-state index in [2.05, 4.69) is 26.2 Å². The first-order valence-corrected chi connectivity index (χ1v) is 9.19. The van der Waals surface area contributed by atoms with E-state index in [-0.39, 0.29) is 5.78 Å². The minimum Gasteiger partial charge on any atom is -0.444 e. The molecule has 0 aliphatic rings. The molecule has 0 bridgehead atoms. The maximum absolute atomic E-state index is 12.8. The van der Waals surface area contributed by atoms with E-state index in [1.165, 1.54) is 0 Å². The number of nitrogens with one attached hydrogen (secondary N) is 1. The highest BCUT2D eigenvalue weighted by molar-refractivity contribution is 9.09. The molecule has 0 fully saturated rings. The van der Waals surface area contributed by atoms with Crippen molar-refractivity contribution < 1.29 is 14.3 Å². The molecule has 5 nitrogen and oxygen atoms in total. The van der Waals surface area contributed by atoms with Crippen LogP contribution in [0.25, 0.3) is 0 Å². The van der Waals surface area contributed by atoms with E-state index in [0.29, 0.717) is 16.9 Å². The number of aryl methyl sites for hydroxylation is 2. The quantitative estimate of drug-likeness (QED) is 0.535. The Morgan fingerprint density at radius 1 is 1.12 bits per heavy atom. The second kappa shape index (κ2) is 7.99. The largest absolute Gasteiger partial charge is 0.444 e. The SMILES string of the molecule is Cc1cc(C)cc(C(=O)C(Br)c2ccnc(NC(=O)OC(C)(C)C)c2)c1. The van der Waals surface area contributed by atoms with Crippen LogP contribution in [0.2, 0.25) is 0 Å². The number of alkyl halides is 1. The molecule has 2 aromatic rings. The van der Waals surface area contributed by atoms with Gasteiger partial charge in [0.15, 0.2) is 5.78 Å². The number of halogens is 1. The number of nitrogens with zero attached hydrogens (tertiary/aromatic N) is 1. The minimum atomic E-state index is -0.599. The summed E-state index contributed by atoms with van der Waals surface area (Å²) in [5, 5.41) is 2.59. The van der Waals surface area contributed by atoms with E-state index in [0.717, 1.165) is 11.1 Å².